The molecule has 0 aliphatic heterocycles. The zero-order chi connectivity index (χ0) is 11.5. The molecule has 1 aliphatic carbocycles. The van der Waals surface area contributed by atoms with Crippen LogP contribution in [0, 0.1) is 11.3 Å². The minimum Gasteiger partial charge on any atom is -0.469 e. The van der Waals surface area contributed by atoms with Crippen molar-refractivity contribution in [2.24, 2.45) is 11.3 Å². The van der Waals surface area contributed by atoms with Gasteiger partial charge in [0.25, 0.3) is 0 Å². The number of methoxy groups -OCH3 is 1. The summed E-state index contributed by atoms with van der Waals surface area (Å²) < 4.78 is 4.56. The predicted octanol–water partition coefficient (Wildman–Crippen LogP) is 2.13. The monoisotopic (exact) mass is 214 g/mol. The van der Waals surface area contributed by atoms with Gasteiger partial charge in [0.2, 0.25) is 0 Å². The van der Waals surface area contributed by atoms with Crippen LogP contribution in [0.25, 0.3) is 0 Å². The number of carbonyl (C=O) groups is 1. The average molecular weight is 214 g/mol. The van der Waals surface area contributed by atoms with E-state index in [-0.39, 0.29) is 18.3 Å². The summed E-state index contributed by atoms with van der Waals surface area (Å²) >= 11 is 0. The maximum atomic E-state index is 11.0. The smallest absolute Gasteiger partial charge is 0.308 e. The van der Waals surface area contributed by atoms with Crippen LogP contribution in [-0.4, -0.2) is 24.3 Å². The second kappa shape index (κ2) is 4.97. The van der Waals surface area contributed by atoms with E-state index in [1.807, 2.05) is 0 Å². The Balaban J connectivity index is 2.45. The van der Waals surface area contributed by atoms with Gasteiger partial charge in [0.05, 0.1) is 19.6 Å². The first kappa shape index (κ1) is 12.5. The molecule has 0 aromatic carbocycles. The highest BCUT2D eigenvalue weighted by molar-refractivity contribution is 5.69. The van der Waals surface area contributed by atoms with Crippen molar-refractivity contribution < 1.29 is 14.6 Å². The summed E-state index contributed by atoms with van der Waals surface area (Å²) in [4.78, 5) is 11.0. The summed E-state index contributed by atoms with van der Waals surface area (Å²) in [7, 11) is 1.36. The average Bonchev–Trinajstić information content (AvgIpc) is 2.16. The Labute approximate surface area is 91.8 Å². The topological polar surface area (TPSA) is 46.5 Å². The standard InChI is InChI=1S/C12H22O3/c1-12(2)6-4-5-9(8-12)10(13)7-11(14)15-3/h9-10,13H,4-8H2,1-3H3/t9?,10-/m0/s1. The number of esters is 1. The van der Waals surface area contributed by atoms with E-state index >= 15 is 0 Å². The van der Waals surface area contributed by atoms with E-state index in [0.29, 0.717) is 5.41 Å². The quantitative estimate of drug-likeness (QED) is 0.732. The molecule has 2 atom stereocenters. The van der Waals surface area contributed by atoms with E-state index in [0.717, 1.165) is 19.3 Å². The lowest BCUT2D eigenvalue weighted by atomic mass is 9.70. The number of carbonyl (C=O) groups excluding carboxylic acids is 1. The molecule has 1 unspecified atom stereocenters. The number of rotatable bonds is 3. The van der Waals surface area contributed by atoms with E-state index < -0.39 is 6.10 Å². The van der Waals surface area contributed by atoms with Crippen LogP contribution < -0.4 is 0 Å². The van der Waals surface area contributed by atoms with Gasteiger partial charge in [-0.3, -0.25) is 4.79 Å². The number of aliphatic hydroxyl groups excluding tert-OH is 1. The summed E-state index contributed by atoms with van der Waals surface area (Å²) in [5.74, 6) is -0.0567. The normalized spacial score (nSPS) is 27.1. The van der Waals surface area contributed by atoms with Crippen LogP contribution in [0.15, 0.2) is 0 Å². The number of hydrogen-bond donors (Lipinski definition) is 1. The first-order valence-electron chi connectivity index (χ1n) is 5.69. The van der Waals surface area contributed by atoms with Gasteiger partial charge >= 0.3 is 5.97 Å². The highest BCUT2D eigenvalue weighted by atomic mass is 16.5. The highest BCUT2D eigenvalue weighted by Gasteiger charge is 2.32. The molecule has 1 saturated carbocycles. The third-order valence-electron chi connectivity index (χ3n) is 3.39. The summed E-state index contributed by atoms with van der Waals surface area (Å²) in [6, 6.07) is 0. The molecule has 3 heteroatoms. The molecule has 0 saturated heterocycles. The van der Waals surface area contributed by atoms with Gasteiger partial charge < -0.3 is 9.84 Å². The Morgan fingerprint density at radius 3 is 2.80 bits per heavy atom. The van der Waals surface area contributed by atoms with Gasteiger partial charge in [-0.1, -0.05) is 20.3 Å². The van der Waals surface area contributed by atoms with E-state index in [1.54, 1.807) is 0 Å². The van der Waals surface area contributed by atoms with E-state index in [4.69, 9.17) is 0 Å². The fourth-order valence-corrected chi connectivity index (χ4v) is 2.51. The van der Waals surface area contributed by atoms with Crippen molar-refractivity contribution in [3.05, 3.63) is 0 Å². The molecule has 0 spiro atoms. The van der Waals surface area contributed by atoms with E-state index in [2.05, 4.69) is 18.6 Å². The van der Waals surface area contributed by atoms with E-state index in [9.17, 15) is 9.90 Å². The largest absolute Gasteiger partial charge is 0.469 e. The molecule has 0 heterocycles. The molecular weight excluding hydrogens is 192 g/mol. The van der Waals surface area contributed by atoms with Crippen LogP contribution in [0.4, 0.5) is 0 Å². The van der Waals surface area contributed by atoms with E-state index in [1.165, 1.54) is 13.5 Å². The molecule has 0 aromatic rings. The van der Waals surface area contributed by atoms with Gasteiger partial charge in [-0.25, -0.2) is 0 Å². The summed E-state index contributed by atoms with van der Waals surface area (Å²) in [5.41, 5.74) is 0.306. The maximum Gasteiger partial charge on any atom is 0.308 e. The molecule has 1 N–H and O–H groups in total. The second-order valence-corrected chi connectivity index (χ2v) is 5.37. The van der Waals surface area contributed by atoms with Crippen molar-refractivity contribution in [3.8, 4) is 0 Å². The maximum absolute atomic E-state index is 11.0. The predicted molar refractivity (Wildman–Crippen MR) is 58.4 cm³/mol. The zero-order valence-corrected chi connectivity index (χ0v) is 9.95. The Bertz CT molecular complexity index is 223. The van der Waals surface area contributed by atoms with Crippen LogP contribution in [0.5, 0.6) is 0 Å². The van der Waals surface area contributed by atoms with Crippen LogP contribution >= 0.6 is 0 Å². The molecule has 0 radical (unpaired) electrons. The Morgan fingerprint density at radius 2 is 2.27 bits per heavy atom. The van der Waals surface area contributed by atoms with Crippen LogP contribution in [0.1, 0.15) is 46.0 Å². The fourth-order valence-electron chi connectivity index (χ4n) is 2.51. The Hall–Kier alpha value is -0.570. The number of ether oxygens (including phenoxy) is 1. The lowest BCUT2D eigenvalue weighted by Gasteiger charge is -2.37. The van der Waals surface area contributed by atoms with Crippen molar-refractivity contribution >= 4 is 5.97 Å². The molecular formula is C12H22O3. The van der Waals surface area contributed by atoms with Gasteiger partial charge in [-0.05, 0) is 30.6 Å². The molecule has 0 amide bonds. The minimum atomic E-state index is -0.531. The Kier molecular flexibility index (Phi) is 4.14. The lowest BCUT2D eigenvalue weighted by molar-refractivity contribution is -0.144. The van der Waals surface area contributed by atoms with Gasteiger partial charge in [-0.2, -0.15) is 0 Å². The number of aliphatic hydroxyl groups is 1. The summed E-state index contributed by atoms with van der Waals surface area (Å²) in [5, 5.41) is 9.91. The number of hydrogen-bond acceptors (Lipinski definition) is 3. The molecule has 1 aliphatic rings. The van der Waals surface area contributed by atoms with Crippen molar-refractivity contribution in [1.29, 1.82) is 0 Å². The lowest BCUT2D eigenvalue weighted by Crippen LogP contribution is -2.32. The molecule has 88 valence electrons. The molecule has 15 heavy (non-hydrogen) atoms. The van der Waals surface area contributed by atoms with Gasteiger partial charge in [0.1, 0.15) is 0 Å². The molecule has 0 bridgehead atoms. The molecule has 3 nitrogen and oxygen atoms in total. The fraction of sp³-hybridized carbons (Fsp3) is 0.917. The molecule has 1 rings (SSSR count). The second-order valence-electron chi connectivity index (χ2n) is 5.37. The van der Waals surface area contributed by atoms with Gasteiger partial charge in [-0.15, -0.1) is 0 Å². The SMILES string of the molecule is COC(=O)C[C@H](O)C1CCCC(C)(C)C1. The first-order chi connectivity index (χ1) is 6.94. The van der Waals surface area contributed by atoms with Crippen molar-refractivity contribution in [1.82, 2.24) is 0 Å². The zero-order valence-electron chi connectivity index (χ0n) is 9.95. The Morgan fingerprint density at radius 1 is 1.60 bits per heavy atom. The van der Waals surface area contributed by atoms with Crippen molar-refractivity contribution in [3.63, 3.8) is 0 Å². The molecule has 0 aromatic heterocycles. The van der Waals surface area contributed by atoms with Crippen molar-refractivity contribution in [2.75, 3.05) is 7.11 Å². The minimum absolute atomic E-state index is 0.136. The highest BCUT2D eigenvalue weighted by Crippen LogP contribution is 2.40. The third kappa shape index (κ3) is 3.82. The van der Waals surface area contributed by atoms with Gasteiger partial charge in [0, 0.05) is 0 Å². The van der Waals surface area contributed by atoms with Crippen LogP contribution in [0.2, 0.25) is 0 Å². The van der Waals surface area contributed by atoms with Crippen LogP contribution in [-0.2, 0) is 9.53 Å². The molecule has 1 fully saturated rings. The first-order valence-corrected chi connectivity index (χ1v) is 5.69. The summed E-state index contributed by atoms with van der Waals surface area (Å²) in [6.45, 7) is 4.45. The third-order valence-corrected chi connectivity index (χ3v) is 3.39. The van der Waals surface area contributed by atoms with Crippen LogP contribution in [0.3, 0.4) is 0 Å². The van der Waals surface area contributed by atoms with Gasteiger partial charge in [0.15, 0.2) is 0 Å². The summed E-state index contributed by atoms with van der Waals surface area (Å²) in [6.07, 6.45) is 4.01. The van der Waals surface area contributed by atoms with Crippen molar-refractivity contribution in [2.45, 2.75) is 52.1 Å².